The molecule has 134 valence electrons. The van der Waals surface area contributed by atoms with Crippen LogP contribution in [0.2, 0.25) is 0 Å². The number of aromatic nitrogens is 2. The molecule has 0 atom stereocenters. The van der Waals surface area contributed by atoms with Crippen LogP contribution >= 0.6 is 11.3 Å². The van der Waals surface area contributed by atoms with Crippen LogP contribution < -0.4 is 15.0 Å². The van der Waals surface area contributed by atoms with Crippen molar-refractivity contribution in [2.75, 3.05) is 30.4 Å². The van der Waals surface area contributed by atoms with Gasteiger partial charge in [-0.1, -0.05) is 23.5 Å². The lowest BCUT2D eigenvalue weighted by Gasteiger charge is -2.25. The highest BCUT2D eigenvalue weighted by Gasteiger charge is 2.17. The normalized spacial score (nSPS) is 14.6. The SMILES string of the molecule is COc1ccc(/C=C(/C#N)C(=O)Nc2nnc(N3CCCCC3)s2)cc1. The van der Waals surface area contributed by atoms with Crippen LogP contribution in [0.4, 0.5) is 10.3 Å². The summed E-state index contributed by atoms with van der Waals surface area (Å²) < 4.78 is 5.10. The molecule has 1 amide bonds. The Labute approximate surface area is 155 Å². The Hall–Kier alpha value is -2.92. The number of nitriles is 1. The number of anilines is 2. The number of hydrogen-bond donors (Lipinski definition) is 1. The number of nitrogens with zero attached hydrogens (tertiary/aromatic N) is 4. The van der Waals surface area contributed by atoms with E-state index in [1.54, 1.807) is 31.4 Å². The molecule has 0 aliphatic carbocycles. The molecule has 0 saturated carbocycles. The molecule has 1 aromatic carbocycles. The van der Waals surface area contributed by atoms with Crippen LogP contribution in [0.5, 0.6) is 5.75 Å². The summed E-state index contributed by atoms with van der Waals surface area (Å²) in [6.07, 6.45) is 5.05. The lowest BCUT2D eigenvalue weighted by molar-refractivity contribution is -0.112. The average Bonchev–Trinajstić information content (AvgIpc) is 3.15. The summed E-state index contributed by atoms with van der Waals surface area (Å²) in [4.78, 5) is 14.5. The van der Waals surface area contributed by atoms with Crippen LogP contribution in [0.25, 0.3) is 6.08 Å². The highest BCUT2D eigenvalue weighted by molar-refractivity contribution is 7.19. The Morgan fingerprint density at radius 2 is 2.00 bits per heavy atom. The fourth-order valence-electron chi connectivity index (χ4n) is 2.66. The van der Waals surface area contributed by atoms with Crippen molar-refractivity contribution in [2.45, 2.75) is 19.3 Å². The molecular formula is C18H19N5O2S. The lowest BCUT2D eigenvalue weighted by atomic mass is 10.1. The minimum atomic E-state index is -0.496. The van der Waals surface area contributed by atoms with Crippen molar-refractivity contribution in [3.8, 4) is 11.8 Å². The summed E-state index contributed by atoms with van der Waals surface area (Å²) in [6.45, 7) is 1.92. The number of carbonyl (C=O) groups is 1. The standard InChI is InChI=1S/C18H19N5O2S/c1-25-15-7-5-13(6-8-15)11-14(12-19)16(24)20-17-21-22-18(26-17)23-9-3-2-4-10-23/h5-8,11H,2-4,9-10H2,1H3,(H,20,21,24)/b14-11-. The Kier molecular flexibility index (Phi) is 5.81. The van der Waals surface area contributed by atoms with Crippen molar-refractivity contribution in [1.82, 2.24) is 10.2 Å². The molecule has 26 heavy (non-hydrogen) atoms. The topological polar surface area (TPSA) is 91.1 Å². The number of ether oxygens (including phenoxy) is 1. The Bertz CT molecular complexity index is 832. The van der Waals surface area contributed by atoms with Gasteiger partial charge in [-0.15, -0.1) is 10.2 Å². The van der Waals surface area contributed by atoms with Crippen molar-refractivity contribution >= 4 is 33.6 Å². The van der Waals surface area contributed by atoms with Gasteiger partial charge >= 0.3 is 0 Å². The maximum absolute atomic E-state index is 12.4. The van der Waals surface area contributed by atoms with E-state index < -0.39 is 5.91 Å². The summed E-state index contributed by atoms with van der Waals surface area (Å²) in [7, 11) is 1.58. The lowest BCUT2D eigenvalue weighted by Crippen LogP contribution is -2.29. The molecule has 1 saturated heterocycles. The van der Waals surface area contributed by atoms with Crippen molar-refractivity contribution in [3.63, 3.8) is 0 Å². The average molecular weight is 369 g/mol. The Morgan fingerprint density at radius 3 is 2.65 bits per heavy atom. The summed E-state index contributed by atoms with van der Waals surface area (Å²) >= 11 is 1.33. The highest BCUT2D eigenvalue weighted by Crippen LogP contribution is 2.27. The molecule has 1 N–H and O–H groups in total. The minimum Gasteiger partial charge on any atom is -0.497 e. The number of hydrogen-bond acceptors (Lipinski definition) is 7. The van der Waals surface area contributed by atoms with Crippen LogP contribution in [-0.2, 0) is 4.79 Å². The number of methoxy groups -OCH3 is 1. The van der Waals surface area contributed by atoms with Crippen molar-refractivity contribution in [3.05, 3.63) is 35.4 Å². The van der Waals surface area contributed by atoms with Crippen molar-refractivity contribution < 1.29 is 9.53 Å². The van der Waals surface area contributed by atoms with Crippen LogP contribution in [0, 0.1) is 11.3 Å². The van der Waals surface area contributed by atoms with Crippen LogP contribution in [0.3, 0.4) is 0 Å². The molecule has 0 spiro atoms. The number of nitrogens with one attached hydrogen (secondary N) is 1. The first-order valence-corrected chi connectivity index (χ1v) is 9.17. The van der Waals surface area contributed by atoms with E-state index in [1.807, 2.05) is 6.07 Å². The molecule has 8 heteroatoms. The largest absolute Gasteiger partial charge is 0.497 e. The third kappa shape index (κ3) is 4.37. The first-order chi connectivity index (χ1) is 12.7. The molecule has 2 aromatic rings. The molecule has 0 bridgehead atoms. The van der Waals surface area contributed by atoms with E-state index in [-0.39, 0.29) is 5.57 Å². The number of benzene rings is 1. The molecule has 1 fully saturated rings. The monoisotopic (exact) mass is 369 g/mol. The zero-order valence-corrected chi connectivity index (χ0v) is 15.3. The van der Waals surface area contributed by atoms with Gasteiger partial charge < -0.3 is 9.64 Å². The first kappa shape index (κ1) is 17.9. The van der Waals surface area contributed by atoms with Crippen molar-refractivity contribution in [2.24, 2.45) is 0 Å². The van der Waals surface area contributed by atoms with Gasteiger partial charge in [-0.05, 0) is 43.0 Å². The zero-order valence-electron chi connectivity index (χ0n) is 14.4. The molecule has 7 nitrogen and oxygen atoms in total. The predicted octanol–water partition coefficient (Wildman–Crippen LogP) is 3.08. The molecule has 3 rings (SSSR count). The van der Waals surface area contributed by atoms with E-state index in [0.717, 1.165) is 36.6 Å². The van der Waals surface area contributed by atoms with Gasteiger partial charge in [-0.2, -0.15) is 5.26 Å². The van der Waals surface area contributed by atoms with Gasteiger partial charge in [0, 0.05) is 13.1 Å². The second kappa shape index (κ2) is 8.45. The molecule has 0 radical (unpaired) electrons. The summed E-state index contributed by atoms with van der Waals surface area (Å²) in [5, 5.41) is 21.3. The smallest absolute Gasteiger partial charge is 0.268 e. The third-order valence-corrected chi connectivity index (χ3v) is 4.95. The van der Waals surface area contributed by atoms with E-state index >= 15 is 0 Å². The van der Waals surface area contributed by atoms with Gasteiger partial charge in [0.2, 0.25) is 10.3 Å². The zero-order chi connectivity index (χ0) is 18.4. The second-order valence-electron chi connectivity index (χ2n) is 5.83. The summed E-state index contributed by atoms with van der Waals surface area (Å²) in [6, 6.07) is 9.04. The second-order valence-corrected chi connectivity index (χ2v) is 6.79. The van der Waals surface area contributed by atoms with Gasteiger partial charge in [-0.3, -0.25) is 10.1 Å². The third-order valence-electron chi connectivity index (χ3n) is 4.05. The quantitative estimate of drug-likeness (QED) is 0.643. The van der Waals surface area contributed by atoms with E-state index in [1.165, 1.54) is 23.8 Å². The molecule has 2 heterocycles. The molecule has 0 unspecified atom stereocenters. The molecule has 1 aliphatic heterocycles. The van der Waals surface area contributed by atoms with Gasteiger partial charge in [0.15, 0.2) is 0 Å². The van der Waals surface area contributed by atoms with Gasteiger partial charge in [-0.25, -0.2) is 0 Å². The molecule has 1 aliphatic rings. The Balaban J connectivity index is 1.68. The predicted molar refractivity (Wildman–Crippen MR) is 101 cm³/mol. The fourth-order valence-corrected chi connectivity index (χ4v) is 3.45. The number of piperidine rings is 1. The van der Waals surface area contributed by atoms with Gasteiger partial charge in [0.25, 0.3) is 5.91 Å². The fraction of sp³-hybridized carbons (Fsp3) is 0.333. The van der Waals surface area contributed by atoms with Crippen molar-refractivity contribution in [1.29, 1.82) is 5.26 Å². The van der Waals surface area contributed by atoms with E-state index in [0.29, 0.717) is 10.9 Å². The van der Waals surface area contributed by atoms with Crippen LogP contribution in [-0.4, -0.2) is 36.3 Å². The first-order valence-electron chi connectivity index (χ1n) is 8.35. The van der Waals surface area contributed by atoms with Gasteiger partial charge in [0.05, 0.1) is 7.11 Å². The number of rotatable bonds is 5. The number of amides is 1. The van der Waals surface area contributed by atoms with Crippen LogP contribution in [0.1, 0.15) is 24.8 Å². The maximum Gasteiger partial charge on any atom is 0.268 e. The van der Waals surface area contributed by atoms with E-state index in [4.69, 9.17) is 4.74 Å². The number of carbonyl (C=O) groups excluding carboxylic acids is 1. The Morgan fingerprint density at radius 1 is 1.27 bits per heavy atom. The summed E-state index contributed by atoms with van der Waals surface area (Å²) in [5.41, 5.74) is 0.744. The summed E-state index contributed by atoms with van der Waals surface area (Å²) in [5.74, 6) is 0.217. The van der Waals surface area contributed by atoms with Crippen LogP contribution in [0.15, 0.2) is 29.8 Å². The van der Waals surface area contributed by atoms with E-state index in [9.17, 15) is 10.1 Å². The highest BCUT2D eigenvalue weighted by atomic mass is 32.1. The maximum atomic E-state index is 12.4. The minimum absolute atomic E-state index is 0.00453. The molecule has 1 aromatic heterocycles. The van der Waals surface area contributed by atoms with Gasteiger partial charge in [0.1, 0.15) is 17.4 Å². The molecular weight excluding hydrogens is 350 g/mol. The van der Waals surface area contributed by atoms with E-state index in [2.05, 4.69) is 20.4 Å².